The van der Waals surface area contributed by atoms with E-state index < -0.39 is 0 Å². The zero-order valence-electron chi connectivity index (χ0n) is 13.4. The first-order valence-corrected chi connectivity index (χ1v) is 8.72. The maximum Gasteiger partial charge on any atom is 0.302 e. The molecule has 0 aromatic heterocycles. The quantitative estimate of drug-likeness (QED) is 0.598. The Bertz CT molecular complexity index is 677. The van der Waals surface area contributed by atoms with Crippen molar-refractivity contribution in [2.24, 2.45) is 35.5 Å². The van der Waals surface area contributed by atoms with Gasteiger partial charge in [0.05, 0.1) is 13.2 Å². The monoisotopic (exact) mass is 310 g/mol. The molecule has 0 amide bonds. The molecule has 6 bridgehead atoms. The summed E-state index contributed by atoms with van der Waals surface area (Å²) < 4.78 is 11.4. The Morgan fingerprint density at radius 1 is 1.00 bits per heavy atom. The fourth-order valence-corrected chi connectivity index (χ4v) is 5.98. The zero-order valence-corrected chi connectivity index (χ0v) is 13.4. The van der Waals surface area contributed by atoms with Crippen LogP contribution in [0.25, 0.3) is 0 Å². The molecule has 0 N–H and O–H groups in total. The van der Waals surface area contributed by atoms with Crippen molar-refractivity contribution in [1.82, 2.24) is 0 Å². The second-order valence-corrected chi connectivity index (χ2v) is 7.58. The third kappa shape index (κ3) is 1.96. The highest BCUT2D eigenvalue weighted by atomic mass is 16.5. The number of rotatable bonds is 6. The summed E-state index contributed by atoms with van der Waals surface area (Å²) in [5, 5.41) is 0. The molecule has 1 aromatic carbocycles. The molecule has 0 aliphatic heterocycles. The second kappa shape index (κ2) is 4.94. The smallest absolute Gasteiger partial charge is 0.302 e. The van der Waals surface area contributed by atoms with Crippen LogP contribution in [-0.2, 0) is 20.9 Å². The van der Waals surface area contributed by atoms with Crippen LogP contribution in [0.2, 0.25) is 0 Å². The van der Waals surface area contributed by atoms with Crippen molar-refractivity contribution in [2.75, 3.05) is 13.2 Å². The molecule has 3 unspecified atom stereocenters. The van der Waals surface area contributed by atoms with Crippen molar-refractivity contribution in [3.05, 3.63) is 47.0 Å². The molecular weight excluding hydrogens is 288 g/mol. The van der Waals surface area contributed by atoms with Crippen molar-refractivity contribution in [3.63, 3.8) is 0 Å². The maximum absolute atomic E-state index is 11.2. The number of ether oxygens (including phenoxy) is 2. The van der Waals surface area contributed by atoms with E-state index in [1.807, 2.05) is 18.2 Å². The van der Waals surface area contributed by atoms with Crippen LogP contribution in [0.1, 0.15) is 18.9 Å². The summed E-state index contributed by atoms with van der Waals surface area (Å²) in [6, 6.07) is 10.3. The van der Waals surface area contributed by atoms with Crippen molar-refractivity contribution in [2.45, 2.75) is 20.0 Å². The van der Waals surface area contributed by atoms with Gasteiger partial charge in [-0.15, -0.1) is 0 Å². The Balaban J connectivity index is 1.31. The fraction of sp³-hybridized carbons (Fsp3) is 0.550. The van der Waals surface area contributed by atoms with Gasteiger partial charge in [-0.3, -0.25) is 4.79 Å². The van der Waals surface area contributed by atoms with Gasteiger partial charge in [-0.05, 0) is 58.6 Å². The number of benzene rings is 1. The van der Waals surface area contributed by atoms with Crippen molar-refractivity contribution in [1.29, 1.82) is 0 Å². The highest BCUT2D eigenvalue weighted by molar-refractivity contribution is 5.66. The van der Waals surface area contributed by atoms with Gasteiger partial charge in [0.25, 0.3) is 0 Å². The molecule has 6 atom stereocenters. The summed E-state index contributed by atoms with van der Waals surface area (Å²) in [6.07, 6.45) is 1.40. The van der Waals surface area contributed by atoms with E-state index in [0.717, 1.165) is 29.6 Å². The van der Waals surface area contributed by atoms with E-state index in [4.69, 9.17) is 9.47 Å². The van der Waals surface area contributed by atoms with Crippen LogP contribution < -0.4 is 0 Å². The minimum absolute atomic E-state index is 0.176. The van der Waals surface area contributed by atoms with Gasteiger partial charge in [-0.25, -0.2) is 0 Å². The Kier molecular flexibility index (Phi) is 2.96. The van der Waals surface area contributed by atoms with Crippen molar-refractivity contribution in [3.8, 4) is 0 Å². The zero-order chi connectivity index (χ0) is 15.6. The summed E-state index contributed by atoms with van der Waals surface area (Å²) in [4.78, 5) is 11.2. The lowest BCUT2D eigenvalue weighted by Gasteiger charge is -2.19. The van der Waals surface area contributed by atoms with Gasteiger partial charge in [-0.2, -0.15) is 0 Å². The number of carbonyl (C=O) groups is 1. The second-order valence-electron chi connectivity index (χ2n) is 7.58. The summed E-state index contributed by atoms with van der Waals surface area (Å²) in [7, 11) is 0. The molecule has 5 aliphatic carbocycles. The molecule has 5 aliphatic rings. The molecule has 0 heterocycles. The Hall–Kier alpha value is -1.61. The lowest BCUT2D eigenvalue weighted by atomic mass is 9.92. The molecule has 1 aromatic rings. The van der Waals surface area contributed by atoms with Gasteiger partial charge in [0.15, 0.2) is 0 Å². The van der Waals surface area contributed by atoms with Gasteiger partial charge >= 0.3 is 5.97 Å². The Labute approximate surface area is 136 Å². The minimum atomic E-state index is -0.176. The van der Waals surface area contributed by atoms with E-state index in [-0.39, 0.29) is 5.97 Å². The predicted molar refractivity (Wildman–Crippen MR) is 85.3 cm³/mol. The Morgan fingerprint density at radius 3 is 2.35 bits per heavy atom. The average Bonchev–Trinajstić information content (AvgIpc) is 2.88. The molecule has 0 spiro atoms. The third-order valence-electron chi connectivity index (χ3n) is 6.61. The summed E-state index contributed by atoms with van der Waals surface area (Å²) in [6.45, 7) is 3.36. The first kappa shape index (κ1) is 13.8. The molecule has 3 heteroatoms. The number of hydrogen-bond acceptors (Lipinski definition) is 3. The van der Waals surface area contributed by atoms with E-state index in [1.54, 1.807) is 0 Å². The SMILES string of the molecule is CC(=O)OCC1=C(COCc2ccccc2)[C@H]2C3C4C1[C@@H]2C[C@H]43. The number of hydrogen-bond donors (Lipinski definition) is 0. The van der Waals surface area contributed by atoms with Crippen LogP contribution in [0.4, 0.5) is 0 Å². The van der Waals surface area contributed by atoms with Gasteiger partial charge in [0.2, 0.25) is 0 Å². The molecular formula is C20H22O3. The van der Waals surface area contributed by atoms with E-state index in [1.165, 1.54) is 30.1 Å². The molecule has 3 nitrogen and oxygen atoms in total. The molecule has 4 saturated carbocycles. The molecule has 120 valence electrons. The summed E-state index contributed by atoms with van der Waals surface area (Å²) in [5.41, 5.74) is 4.09. The van der Waals surface area contributed by atoms with Crippen molar-refractivity contribution < 1.29 is 14.3 Å². The molecule has 4 fully saturated rings. The lowest BCUT2D eigenvalue weighted by Crippen LogP contribution is -2.16. The van der Waals surface area contributed by atoms with Gasteiger partial charge < -0.3 is 9.47 Å². The third-order valence-corrected chi connectivity index (χ3v) is 6.61. The van der Waals surface area contributed by atoms with E-state index in [0.29, 0.717) is 25.7 Å². The molecule has 6 rings (SSSR count). The largest absolute Gasteiger partial charge is 0.461 e. The maximum atomic E-state index is 11.2. The highest BCUT2D eigenvalue weighted by Gasteiger charge is 2.77. The normalized spacial score (nSPS) is 38.3. The Morgan fingerprint density at radius 2 is 1.70 bits per heavy atom. The first-order valence-electron chi connectivity index (χ1n) is 8.72. The molecule has 0 radical (unpaired) electrons. The van der Waals surface area contributed by atoms with Crippen LogP contribution in [-0.4, -0.2) is 19.2 Å². The van der Waals surface area contributed by atoms with E-state index >= 15 is 0 Å². The fourth-order valence-electron chi connectivity index (χ4n) is 5.98. The van der Waals surface area contributed by atoms with Crippen LogP contribution in [0.15, 0.2) is 41.5 Å². The van der Waals surface area contributed by atoms with Crippen molar-refractivity contribution >= 4 is 5.97 Å². The number of esters is 1. The van der Waals surface area contributed by atoms with Crippen LogP contribution in [0.5, 0.6) is 0 Å². The van der Waals surface area contributed by atoms with Crippen LogP contribution in [0.3, 0.4) is 0 Å². The topological polar surface area (TPSA) is 35.5 Å². The minimum Gasteiger partial charge on any atom is -0.461 e. The predicted octanol–water partition coefficient (Wildman–Crippen LogP) is 3.20. The average molecular weight is 310 g/mol. The first-order chi connectivity index (χ1) is 11.3. The molecule has 23 heavy (non-hydrogen) atoms. The summed E-state index contributed by atoms with van der Waals surface area (Å²) in [5.74, 6) is 4.89. The summed E-state index contributed by atoms with van der Waals surface area (Å²) >= 11 is 0. The highest BCUT2D eigenvalue weighted by Crippen LogP contribution is 2.81. The van der Waals surface area contributed by atoms with Crippen LogP contribution in [0, 0.1) is 35.5 Å². The van der Waals surface area contributed by atoms with Crippen LogP contribution >= 0.6 is 0 Å². The van der Waals surface area contributed by atoms with E-state index in [2.05, 4.69) is 12.1 Å². The van der Waals surface area contributed by atoms with Gasteiger partial charge in [0.1, 0.15) is 6.61 Å². The van der Waals surface area contributed by atoms with Gasteiger partial charge in [0, 0.05) is 6.92 Å². The van der Waals surface area contributed by atoms with Gasteiger partial charge in [-0.1, -0.05) is 30.3 Å². The van der Waals surface area contributed by atoms with E-state index in [9.17, 15) is 4.79 Å². The number of carbonyl (C=O) groups excluding carboxylic acids is 1. The standard InChI is InChI=1S/C20H22O3/c1-11(21)23-10-16-15(9-22-8-12-5-3-2-4-6-12)17-13-7-14-19(17)20(14)18(13)16/h2-6,13-14,17-20H,7-10H2,1H3/t13-,14+,17+,18?,19?,20?/m1/s1. The lowest BCUT2D eigenvalue weighted by molar-refractivity contribution is -0.140. The molecule has 0 saturated heterocycles.